The molecule has 0 fully saturated rings. The molecule has 0 amide bonds. The number of thioether (sulfide) groups is 1. The Morgan fingerprint density at radius 2 is 1.76 bits per heavy atom. The van der Waals surface area contributed by atoms with E-state index in [4.69, 9.17) is 4.42 Å². The summed E-state index contributed by atoms with van der Waals surface area (Å²) in [6, 6.07) is 18.2. The monoisotopic (exact) mass is 347 g/mol. The second-order valence-corrected chi connectivity index (χ2v) is 7.28. The lowest BCUT2D eigenvalue weighted by Gasteiger charge is -2.09. The van der Waals surface area contributed by atoms with Crippen LogP contribution in [0.15, 0.2) is 70.1 Å². The first-order chi connectivity index (χ1) is 12.2. The first-order valence-corrected chi connectivity index (χ1v) is 8.99. The van der Waals surface area contributed by atoms with Crippen LogP contribution in [0.1, 0.15) is 23.6 Å². The first kappa shape index (κ1) is 15.8. The minimum Gasteiger partial charge on any atom is -0.419 e. The number of hydrogen-bond donors (Lipinski definition) is 0. The topological polar surface area (TPSA) is 51.8 Å². The Kier molecular flexibility index (Phi) is 4.24. The number of aryl methyl sites for hydroxylation is 1. The van der Waals surface area contributed by atoms with Crippen molar-refractivity contribution in [3.63, 3.8) is 0 Å². The number of hydrogen-bond acceptors (Lipinski definition) is 5. The average Bonchev–Trinajstić information content (AvgIpc) is 3.13. The van der Waals surface area contributed by atoms with Gasteiger partial charge in [0.2, 0.25) is 11.8 Å². The lowest BCUT2D eigenvalue weighted by molar-refractivity contribution is 0.509. The molecule has 2 aromatic carbocycles. The smallest absolute Gasteiger partial charge is 0.247 e. The van der Waals surface area contributed by atoms with Gasteiger partial charge in [-0.25, -0.2) is 0 Å². The average molecular weight is 347 g/mol. The van der Waals surface area contributed by atoms with Crippen LogP contribution in [0.3, 0.4) is 0 Å². The maximum absolute atomic E-state index is 5.90. The van der Waals surface area contributed by atoms with E-state index < -0.39 is 0 Å². The van der Waals surface area contributed by atoms with Gasteiger partial charge in [-0.2, -0.15) is 0 Å². The number of rotatable bonds is 4. The second kappa shape index (κ2) is 6.69. The van der Waals surface area contributed by atoms with Crippen LogP contribution in [-0.2, 0) is 0 Å². The van der Waals surface area contributed by atoms with Gasteiger partial charge in [0.15, 0.2) is 0 Å². The van der Waals surface area contributed by atoms with Crippen molar-refractivity contribution in [1.29, 1.82) is 0 Å². The molecular weight excluding hydrogens is 330 g/mol. The zero-order chi connectivity index (χ0) is 17.2. The van der Waals surface area contributed by atoms with Crippen molar-refractivity contribution in [2.45, 2.75) is 24.0 Å². The zero-order valence-corrected chi connectivity index (χ0v) is 14.8. The molecule has 4 rings (SSSR count). The van der Waals surface area contributed by atoms with E-state index in [1.807, 2.05) is 54.7 Å². The summed E-state index contributed by atoms with van der Waals surface area (Å²) in [5.41, 5.74) is 3.14. The van der Waals surface area contributed by atoms with Crippen LogP contribution in [0.25, 0.3) is 22.4 Å². The molecule has 0 unspecified atom stereocenters. The molecule has 0 radical (unpaired) electrons. The van der Waals surface area contributed by atoms with Gasteiger partial charge in [-0.1, -0.05) is 35.9 Å². The molecule has 0 bridgehead atoms. The Balaban J connectivity index is 1.59. The van der Waals surface area contributed by atoms with E-state index in [0.29, 0.717) is 11.8 Å². The highest BCUT2D eigenvalue weighted by atomic mass is 32.2. The third-order valence-electron chi connectivity index (χ3n) is 4.00. The summed E-state index contributed by atoms with van der Waals surface area (Å²) in [6.07, 6.45) is 1.84. The Morgan fingerprint density at radius 1 is 0.960 bits per heavy atom. The standard InChI is InChI=1S/C20H17N3OS/c1-13-7-9-15(10-8-13)20-23-22-19(24-20)14(2)25-18-11-12-21-17-6-4-3-5-16(17)18/h3-12,14H,1-2H3/t14-/m1/s1. The SMILES string of the molecule is Cc1ccc(-c2nnc([C@@H](C)Sc3ccnc4ccccc34)o2)cc1. The molecular formula is C20H17N3OS. The fraction of sp³-hybridized carbons (Fsp3) is 0.150. The zero-order valence-electron chi connectivity index (χ0n) is 14.0. The van der Waals surface area contributed by atoms with E-state index >= 15 is 0 Å². The van der Waals surface area contributed by atoms with Crippen molar-refractivity contribution in [2.24, 2.45) is 0 Å². The second-order valence-electron chi connectivity index (χ2n) is 5.90. The van der Waals surface area contributed by atoms with Gasteiger partial charge >= 0.3 is 0 Å². The summed E-state index contributed by atoms with van der Waals surface area (Å²) < 4.78 is 5.90. The third kappa shape index (κ3) is 3.28. The predicted octanol–water partition coefficient (Wildman–Crippen LogP) is 5.45. The minimum atomic E-state index is 0.0532. The molecule has 0 spiro atoms. The summed E-state index contributed by atoms with van der Waals surface area (Å²) in [7, 11) is 0. The molecule has 0 aliphatic carbocycles. The van der Waals surface area contributed by atoms with E-state index in [-0.39, 0.29) is 5.25 Å². The van der Waals surface area contributed by atoms with Gasteiger partial charge in [-0.15, -0.1) is 22.0 Å². The van der Waals surface area contributed by atoms with Crippen LogP contribution in [0.5, 0.6) is 0 Å². The number of para-hydroxylation sites is 1. The maximum Gasteiger partial charge on any atom is 0.247 e. The highest BCUT2D eigenvalue weighted by molar-refractivity contribution is 7.99. The normalized spacial score (nSPS) is 12.4. The maximum atomic E-state index is 5.90. The molecule has 1 atom stereocenters. The third-order valence-corrected chi connectivity index (χ3v) is 5.16. The van der Waals surface area contributed by atoms with Crippen molar-refractivity contribution in [2.75, 3.05) is 0 Å². The number of nitrogens with zero attached hydrogens (tertiary/aromatic N) is 3. The summed E-state index contributed by atoms with van der Waals surface area (Å²) in [5.74, 6) is 1.18. The number of fused-ring (bicyclic) bond motifs is 1. The lowest BCUT2D eigenvalue weighted by Crippen LogP contribution is -1.90. The van der Waals surface area contributed by atoms with Gasteiger partial charge in [0.1, 0.15) is 0 Å². The molecule has 2 aromatic heterocycles. The molecule has 4 aromatic rings. The van der Waals surface area contributed by atoms with Crippen LogP contribution in [0.4, 0.5) is 0 Å². The van der Waals surface area contributed by atoms with Crippen LogP contribution in [0, 0.1) is 6.92 Å². The van der Waals surface area contributed by atoms with Crippen LogP contribution in [0.2, 0.25) is 0 Å². The van der Waals surface area contributed by atoms with Gasteiger partial charge in [-0.3, -0.25) is 4.98 Å². The summed E-state index contributed by atoms with van der Waals surface area (Å²) in [5, 5.41) is 9.63. The number of benzene rings is 2. The molecule has 0 aliphatic rings. The van der Waals surface area contributed by atoms with E-state index in [9.17, 15) is 0 Å². The van der Waals surface area contributed by atoms with Crippen molar-refractivity contribution >= 4 is 22.7 Å². The number of aromatic nitrogens is 3. The number of pyridine rings is 1. The molecule has 124 valence electrons. The van der Waals surface area contributed by atoms with Gasteiger partial charge < -0.3 is 4.42 Å². The molecule has 25 heavy (non-hydrogen) atoms. The predicted molar refractivity (Wildman–Crippen MR) is 100 cm³/mol. The van der Waals surface area contributed by atoms with Crippen LogP contribution >= 0.6 is 11.8 Å². The molecule has 2 heterocycles. The van der Waals surface area contributed by atoms with Crippen molar-refractivity contribution in [3.8, 4) is 11.5 Å². The lowest BCUT2D eigenvalue weighted by atomic mass is 10.1. The van der Waals surface area contributed by atoms with Crippen molar-refractivity contribution in [3.05, 3.63) is 72.2 Å². The van der Waals surface area contributed by atoms with E-state index in [0.717, 1.165) is 21.4 Å². The van der Waals surface area contributed by atoms with E-state index in [1.54, 1.807) is 11.8 Å². The fourth-order valence-electron chi connectivity index (χ4n) is 2.62. The Labute approximate surface area is 150 Å². The molecule has 0 N–H and O–H groups in total. The summed E-state index contributed by atoms with van der Waals surface area (Å²) in [4.78, 5) is 5.57. The summed E-state index contributed by atoms with van der Waals surface area (Å²) in [6.45, 7) is 4.13. The highest BCUT2D eigenvalue weighted by Crippen LogP contribution is 2.38. The molecule has 4 nitrogen and oxygen atoms in total. The quantitative estimate of drug-likeness (QED) is 0.460. The van der Waals surface area contributed by atoms with Gasteiger partial charge in [-0.05, 0) is 38.1 Å². The van der Waals surface area contributed by atoms with Crippen LogP contribution < -0.4 is 0 Å². The van der Waals surface area contributed by atoms with E-state index in [1.165, 1.54) is 5.56 Å². The molecule has 0 saturated heterocycles. The molecule has 5 heteroatoms. The van der Waals surface area contributed by atoms with Crippen LogP contribution in [-0.4, -0.2) is 15.2 Å². The minimum absolute atomic E-state index is 0.0532. The Hall–Kier alpha value is -2.66. The largest absolute Gasteiger partial charge is 0.419 e. The van der Waals surface area contributed by atoms with Gasteiger partial charge in [0, 0.05) is 22.0 Å². The molecule has 0 aliphatic heterocycles. The first-order valence-electron chi connectivity index (χ1n) is 8.11. The summed E-state index contributed by atoms with van der Waals surface area (Å²) >= 11 is 1.70. The van der Waals surface area contributed by atoms with Crippen molar-refractivity contribution in [1.82, 2.24) is 15.2 Å². The fourth-order valence-corrected chi connectivity index (χ4v) is 3.64. The molecule has 0 saturated carbocycles. The van der Waals surface area contributed by atoms with Gasteiger partial charge in [0.25, 0.3) is 0 Å². The Morgan fingerprint density at radius 3 is 2.60 bits per heavy atom. The van der Waals surface area contributed by atoms with Gasteiger partial charge in [0.05, 0.1) is 10.8 Å². The van der Waals surface area contributed by atoms with E-state index in [2.05, 4.69) is 35.1 Å². The Bertz CT molecular complexity index is 1010. The highest BCUT2D eigenvalue weighted by Gasteiger charge is 2.17. The van der Waals surface area contributed by atoms with Crippen molar-refractivity contribution < 1.29 is 4.42 Å².